The van der Waals surface area contributed by atoms with Crippen LogP contribution in [0.4, 0.5) is 11.6 Å². The number of fused-ring (bicyclic) bond motifs is 5. The minimum atomic E-state index is -0.790. The molecule has 9 aromatic rings. The molecule has 16 heterocycles. The maximum atomic E-state index is 12.7. The second kappa shape index (κ2) is 51.4. The number of nitrogens with two attached hydrogens (primary N) is 1. The smallest absolute Gasteiger partial charge is 0.481 e. The maximum Gasteiger partial charge on any atom is 0.487 e. The summed E-state index contributed by atoms with van der Waals surface area (Å²) in [5, 5.41) is 22.6. The molecule has 0 spiro atoms. The predicted molar refractivity (Wildman–Crippen MR) is 554 cm³/mol. The second-order valence-corrected chi connectivity index (χ2v) is 39.4. The lowest BCUT2D eigenvalue weighted by Crippen LogP contribution is -2.44. The predicted octanol–water partition coefficient (Wildman–Crippen LogP) is 17.4. The Morgan fingerprint density at radius 3 is 1.57 bits per heavy atom. The third-order valence-corrected chi connectivity index (χ3v) is 27.9. The van der Waals surface area contributed by atoms with Crippen molar-refractivity contribution in [2.45, 2.75) is 213 Å². The number of amides is 1. The first-order valence-electron chi connectivity index (χ1n) is 47.5. The van der Waals surface area contributed by atoms with Gasteiger partial charge in [0.15, 0.2) is 12.5 Å². The first kappa shape index (κ1) is 105. The van der Waals surface area contributed by atoms with Crippen LogP contribution in [0.1, 0.15) is 207 Å². The average molecular weight is 2140 g/mol. The molecule has 30 nitrogen and oxygen atoms in total. The Kier molecular flexibility index (Phi) is 39.5. The van der Waals surface area contributed by atoms with Gasteiger partial charge in [0.25, 0.3) is 0 Å². The number of carbonyl (C=O) groups is 4. The fourth-order valence-corrected chi connectivity index (χ4v) is 18.9. The van der Waals surface area contributed by atoms with E-state index in [1.54, 1.807) is 44.1 Å². The number of halogens is 5. The monoisotopic (exact) mass is 2140 g/mol. The summed E-state index contributed by atoms with van der Waals surface area (Å²) < 4.78 is 38.1. The van der Waals surface area contributed by atoms with Crippen LogP contribution in [0.5, 0.6) is 0 Å². The van der Waals surface area contributed by atoms with Gasteiger partial charge in [0.2, 0.25) is 5.91 Å². The number of aromatic nitrogens is 9. The SMILES string of the molecule is CCOC(=O)/C=C/B1OC(C)(C)C(C)(C)O1.CCOC(=O)/C=C/c1nn(C2CCCCO2)c2ccc(Cl)nc12.CN1CCN(c2ccc3c(n2)C(CCC(=O)NC2CCC(Cc4ccccc4)CC2)=NC3)CC1.CN1CCN(c2ccc3c(n2)C(CCC(=O)O)=NC3)CC1.Clc1ccc2c(n1)C(I)=NC2.Clc1ccc2c(n1)c(I)nn2C1CCCCO1.NC1CCN(Cc2ccccc2)CC1. The number of likely N-dealkylation sites (N-methyl/N-ethyl adjacent to an activating group) is 2. The summed E-state index contributed by atoms with van der Waals surface area (Å²) in [4.78, 5) is 93.7. The molecule has 136 heavy (non-hydrogen) atoms. The van der Waals surface area contributed by atoms with Crippen molar-refractivity contribution in [3.63, 3.8) is 0 Å². The van der Waals surface area contributed by atoms with Crippen LogP contribution < -0.4 is 20.9 Å². The van der Waals surface area contributed by atoms with Crippen molar-refractivity contribution in [3.8, 4) is 0 Å². The highest BCUT2D eigenvalue weighted by molar-refractivity contribution is 14.1. The number of hydrogen-bond donors (Lipinski definition) is 3. The van der Waals surface area contributed by atoms with Gasteiger partial charge in [0, 0.05) is 132 Å². The standard InChI is InChI=1S/C28H37N5O.C16H18ClN3O3.C15H20N4O2.C12H18N2.C11H19BO4.C11H11ClIN3O.C7H4ClIN2/c1-32-15-17-33(18-16-32)26-13-9-23-20-29-25(28(23)31-26)12-14-27(34)30-24-10-7-22(8-11-24)19-21-5-3-2-4-6-21;1-2-22-15(21)9-6-11-16-12(7-8-13(17)18-16)20(19-11)14-5-3-4-10-23-14;1-18-6-8-19(9-7-18)13-4-2-11-10-16-12(15(11)17-13)3-5-14(20)21;13-12-6-8-14(9-7-12)10-11-4-2-1-3-5-11;1-6-14-9(13)7-8-12-15-10(2,3)11(4,5)16-12;12-8-5-4-7-10(14-8)11(13)15-16(7)9-3-1-2-6-17-9;8-5-2-1-4-3-10-7(9)6(4)11-5/h2-6,9,13,22,24H,7-8,10-12,14-20H2,1H3,(H,30,34);6-9,14H,2-5,10H2,1H3;2,4H,3,5-10H2,1H3,(H,20,21);1-5,12H,6-10,13H2;7-8H,6H2,1-5H3;4-5,9H,1-3,6H2;1-2H,3H2/b;9-6+;;;8-7+;;. The molecule has 2 unspecified atom stereocenters. The van der Waals surface area contributed by atoms with Crippen LogP contribution in [-0.4, -0.2) is 240 Å². The Morgan fingerprint density at radius 2 is 1.03 bits per heavy atom. The van der Waals surface area contributed by atoms with Crippen LogP contribution >= 0.6 is 80.0 Å². The molecule has 0 bridgehead atoms. The zero-order valence-corrected chi connectivity index (χ0v) is 85.8. The number of pyridine rings is 5. The van der Waals surface area contributed by atoms with Gasteiger partial charge in [-0.3, -0.25) is 29.5 Å². The number of anilines is 2. The number of rotatable bonds is 21. The molecule has 726 valence electrons. The number of piperazine rings is 2. The van der Waals surface area contributed by atoms with E-state index >= 15 is 0 Å². The van der Waals surface area contributed by atoms with Crippen molar-refractivity contribution < 1.29 is 52.5 Å². The largest absolute Gasteiger partial charge is 0.487 e. The van der Waals surface area contributed by atoms with Crippen molar-refractivity contribution in [1.82, 2.24) is 64.5 Å². The molecule has 4 N–H and O–H groups in total. The van der Waals surface area contributed by atoms with E-state index in [9.17, 15) is 19.2 Å². The van der Waals surface area contributed by atoms with Gasteiger partial charge >= 0.3 is 25.0 Å². The third-order valence-electron chi connectivity index (χ3n) is 25.7. The molecule has 7 aromatic heterocycles. The molecule has 36 heteroatoms. The topological polar surface area (TPSA) is 335 Å². The average Bonchev–Trinajstić information content (AvgIpc) is 1.80. The van der Waals surface area contributed by atoms with Gasteiger partial charge in [0.05, 0.1) is 84.3 Å². The zero-order valence-electron chi connectivity index (χ0n) is 79.2. The van der Waals surface area contributed by atoms with Crippen molar-refractivity contribution in [2.24, 2.45) is 26.6 Å². The highest BCUT2D eigenvalue weighted by atomic mass is 127. The number of aliphatic carboxylic acids is 1. The molecule has 2 aromatic carbocycles. The number of likely N-dealkylation sites (tertiary alicyclic amines) is 1. The number of hydrogen-bond acceptors (Lipinski definition) is 26. The molecule has 6 saturated heterocycles. The van der Waals surface area contributed by atoms with Crippen LogP contribution in [0, 0.1) is 9.62 Å². The van der Waals surface area contributed by atoms with Gasteiger partial charge in [-0.2, -0.15) is 10.2 Å². The van der Waals surface area contributed by atoms with Crippen LogP contribution in [0.25, 0.3) is 28.1 Å². The van der Waals surface area contributed by atoms with E-state index < -0.39 is 19.1 Å². The lowest BCUT2D eigenvalue weighted by molar-refractivity contribution is -0.138. The molecule has 1 saturated carbocycles. The van der Waals surface area contributed by atoms with Gasteiger partial charge in [-0.1, -0.05) is 114 Å². The second-order valence-electron chi connectivity index (χ2n) is 36.2. The number of piperidine rings is 1. The molecule has 10 aliphatic rings. The van der Waals surface area contributed by atoms with E-state index in [-0.39, 0.29) is 42.0 Å². The van der Waals surface area contributed by atoms with Gasteiger partial charge in [-0.25, -0.2) is 43.9 Å². The normalized spacial score (nSPS) is 20.2. The van der Waals surface area contributed by atoms with E-state index in [0.29, 0.717) is 84.3 Å². The van der Waals surface area contributed by atoms with E-state index in [1.807, 2.05) is 55.3 Å². The molecule has 19 rings (SSSR count). The number of aliphatic imine (C=N–C) groups is 3. The summed E-state index contributed by atoms with van der Waals surface area (Å²) in [6, 6.07) is 41.7. The first-order valence-corrected chi connectivity index (χ1v) is 50.8. The van der Waals surface area contributed by atoms with Crippen molar-refractivity contribution in [3.05, 3.63) is 209 Å². The van der Waals surface area contributed by atoms with Gasteiger partial charge in [0.1, 0.15) is 56.9 Å². The summed E-state index contributed by atoms with van der Waals surface area (Å²) in [5.74, 6) is 2.90. The van der Waals surface area contributed by atoms with E-state index in [0.717, 1.165) is 232 Å². The minimum Gasteiger partial charge on any atom is -0.481 e. The van der Waals surface area contributed by atoms with Crippen LogP contribution in [0.3, 0.4) is 0 Å². The summed E-state index contributed by atoms with van der Waals surface area (Å²) in [6.45, 7) is 27.2. The fraction of sp³-hybridized carbons (Fsp3) is 0.500. The zero-order chi connectivity index (χ0) is 96.3. The first-order chi connectivity index (χ1) is 65.6. The minimum absolute atomic E-state index is 0.0396. The molecular formula is C100H127BCl3I2N19O11. The fourth-order valence-electron chi connectivity index (χ4n) is 17.2. The summed E-state index contributed by atoms with van der Waals surface area (Å²) in [6.07, 6.45) is 20.3. The Morgan fingerprint density at radius 1 is 0.544 bits per heavy atom. The summed E-state index contributed by atoms with van der Waals surface area (Å²) >= 11 is 22.0. The lowest BCUT2D eigenvalue weighted by Gasteiger charge is -2.33. The third kappa shape index (κ3) is 30.4. The number of nitrogens with zero attached hydrogens (tertiary/aromatic N) is 17. The molecule has 2 atom stereocenters. The van der Waals surface area contributed by atoms with E-state index in [4.69, 9.17) is 88.9 Å². The van der Waals surface area contributed by atoms with Gasteiger partial charge < -0.3 is 64.0 Å². The molecule has 0 radical (unpaired) electrons. The van der Waals surface area contributed by atoms with E-state index in [2.05, 4.69) is 209 Å². The molecule has 7 fully saturated rings. The molecule has 1 amide bonds. The van der Waals surface area contributed by atoms with Gasteiger partial charge in [-0.15, -0.1) is 0 Å². The molecule has 1 aliphatic carbocycles. The van der Waals surface area contributed by atoms with Crippen molar-refractivity contribution in [2.75, 3.05) is 116 Å². The van der Waals surface area contributed by atoms with E-state index in [1.165, 1.54) is 53.7 Å². The number of carboxylic acids is 1. The number of carboxylic acid groups (broad SMARTS) is 1. The number of benzene rings is 2. The Bertz CT molecular complexity index is 5620. The lowest BCUT2D eigenvalue weighted by atomic mass is 9.82. The molecular weight excluding hydrogens is 2010 g/mol. The summed E-state index contributed by atoms with van der Waals surface area (Å²) in [5.41, 5.74) is 20.0. The van der Waals surface area contributed by atoms with Gasteiger partial charge in [-0.05, 0) is 269 Å². The maximum absolute atomic E-state index is 12.7. The Balaban J connectivity index is 0.000000138. The Hall–Kier alpha value is -8.83. The summed E-state index contributed by atoms with van der Waals surface area (Å²) in [7, 11) is 3.80. The Labute approximate surface area is 840 Å². The van der Waals surface area contributed by atoms with Crippen molar-refractivity contribution in [1.29, 1.82) is 0 Å². The van der Waals surface area contributed by atoms with Crippen LogP contribution in [-0.2, 0) is 80.0 Å². The molecule has 9 aliphatic heterocycles. The highest BCUT2D eigenvalue weighted by Crippen LogP contribution is 2.38. The number of nitrogens with one attached hydrogen (secondary N) is 1. The van der Waals surface area contributed by atoms with Crippen molar-refractivity contribution >= 4 is 166 Å². The quantitative estimate of drug-likeness (QED) is 0.0198. The highest BCUT2D eigenvalue weighted by Gasteiger charge is 2.50. The van der Waals surface area contributed by atoms with Crippen LogP contribution in [0.15, 0.2) is 154 Å². The number of carbonyl (C=O) groups excluding carboxylic acids is 3. The van der Waals surface area contributed by atoms with Crippen LogP contribution in [0.2, 0.25) is 15.5 Å². The number of esters is 2. The number of ether oxygens (including phenoxy) is 4.